The molecule has 0 radical (unpaired) electrons. The molecule has 0 aliphatic carbocycles. The third-order valence-electron chi connectivity index (χ3n) is 4.25. The Kier molecular flexibility index (Phi) is 4.44. The van der Waals surface area contributed by atoms with Crippen LogP contribution in [0.15, 0.2) is 59.5 Å². The van der Waals surface area contributed by atoms with E-state index in [0.717, 1.165) is 11.3 Å². The number of rotatable bonds is 4. The van der Waals surface area contributed by atoms with Crippen LogP contribution in [0.5, 0.6) is 0 Å². The lowest BCUT2D eigenvalue weighted by Gasteiger charge is -2.06. The summed E-state index contributed by atoms with van der Waals surface area (Å²) in [4.78, 5) is 30.5. The lowest BCUT2D eigenvalue weighted by Crippen LogP contribution is -2.17. The van der Waals surface area contributed by atoms with Crippen molar-refractivity contribution in [2.75, 3.05) is 0 Å². The van der Waals surface area contributed by atoms with E-state index in [1.54, 1.807) is 19.2 Å². The smallest absolute Gasteiger partial charge is 0.361 e. The normalized spacial score (nSPS) is 10.9. The first kappa shape index (κ1) is 17.6. The molecule has 0 atom stereocenters. The molecular weight excluding hydrogens is 358 g/mol. The zero-order valence-electron chi connectivity index (χ0n) is 15.4. The van der Waals surface area contributed by atoms with Crippen LogP contribution in [-0.4, -0.2) is 30.3 Å². The number of esters is 1. The van der Waals surface area contributed by atoms with Gasteiger partial charge in [-0.05, 0) is 37.6 Å². The van der Waals surface area contributed by atoms with Gasteiger partial charge in [0.25, 0.3) is 5.56 Å². The Morgan fingerprint density at radius 3 is 2.64 bits per heavy atom. The van der Waals surface area contributed by atoms with E-state index in [1.807, 2.05) is 43.3 Å². The van der Waals surface area contributed by atoms with Gasteiger partial charge in [-0.1, -0.05) is 24.3 Å². The number of carbonyl (C=O) groups excluding carboxylic acids is 1. The summed E-state index contributed by atoms with van der Waals surface area (Å²) in [6, 6.07) is 14.3. The van der Waals surface area contributed by atoms with Gasteiger partial charge in [0, 0.05) is 12.3 Å². The minimum absolute atomic E-state index is 0.123. The van der Waals surface area contributed by atoms with Crippen LogP contribution < -0.4 is 5.56 Å². The number of aryl methyl sites for hydroxylation is 2. The summed E-state index contributed by atoms with van der Waals surface area (Å²) in [5.41, 5.74) is 2.85. The first-order chi connectivity index (χ1) is 13.5. The van der Waals surface area contributed by atoms with Crippen LogP contribution in [0.4, 0.5) is 0 Å². The number of para-hydroxylation sites is 1. The number of aromatic nitrogens is 5. The fourth-order valence-corrected chi connectivity index (χ4v) is 2.83. The summed E-state index contributed by atoms with van der Waals surface area (Å²) < 4.78 is 6.78. The number of ether oxygens (including phenoxy) is 1. The maximum Gasteiger partial charge on any atom is 0.361 e. The summed E-state index contributed by atoms with van der Waals surface area (Å²) >= 11 is 0. The minimum atomic E-state index is -0.619. The Balaban J connectivity index is 1.55. The van der Waals surface area contributed by atoms with E-state index in [2.05, 4.69) is 15.2 Å². The largest absolute Gasteiger partial charge is 0.454 e. The van der Waals surface area contributed by atoms with E-state index in [4.69, 9.17) is 4.74 Å². The zero-order chi connectivity index (χ0) is 19.7. The fourth-order valence-electron chi connectivity index (χ4n) is 2.83. The van der Waals surface area contributed by atoms with Gasteiger partial charge in [0.05, 0.1) is 17.1 Å². The zero-order valence-corrected chi connectivity index (χ0v) is 15.4. The number of carbonyl (C=O) groups is 1. The molecule has 0 amide bonds. The highest BCUT2D eigenvalue weighted by atomic mass is 16.5. The maximum absolute atomic E-state index is 12.4. The third-order valence-corrected chi connectivity index (χ3v) is 4.25. The van der Waals surface area contributed by atoms with Crippen LogP contribution in [0.25, 0.3) is 11.3 Å². The predicted octanol–water partition coefficient (Wildman–Crippen LogP) is 2.25. The average molecular weight is 375 g/mol. The first-order valence-electron chi connectivity index (χ1n) is 8.67. The molecule has 140 valence electrons. The van der Waals surface area contributed by atoms with Crippen molar-refractivity contribution in [2.24, 2.45) is 0 Å². The molecule has 3 heterocycles. The molecular formula is C20H17N5O3. The van der Waals surface area contributed by atoms with Crippen molar-refractivity contribution in [2.45, 2.75) is 20.5 Å². The first-order valence-corrected chi connectivity index (χ1v) is 8.67. The number of pyridine rings is 1. The molecule has 3 aromatic heterocycles. The quantitative estimate of drug-likeness (QED) is 0.508. The van der Waals surface area contributed by atoms with Crippen LogP contribution in [-0.2, 0) is 11.3 Å². The average Bonchev–Trinajstić information content (AvgIpc) is 3.09. The monoisotopic (exact) mass is 375 g/mol. The molecule has 8 nitrogen and oxygen atoms in total. The highest BCUT2D eigenvalue weighted by Crippen LogP contribution is 2.11. The maximum atomic E-state index is 12.4. The lowest BCUT2D eigenvalue weighted by molar-refractivity contribution is 0.0459. The second kappa shape index (κ2) is 7.07. The van der Waals surface area contributed by atoms with Crippen molar-refractivity contribution < 1.29 is 9.53 Å². The lowest BCUT2D eigenvalue weighted by atomic mass is 10.3. The molecule has 4 rings (SSSR count). The fraction of sp³-hybridized carbons (Fsp3) is 0.150. The summed E-state index contributed by atoms with van der Waals surface area (Å²) in [6.45, 7) is 3.42. The molecule has 0 saturated carbocycles. The molecule has 0 bridgehead atoms. The van der Waals surface area contributed by atoms with E-state index in [-0.39, 0.29) is 17.9 Å². The SMILES string of the molecule is Cc1nn(-c2ccccc2)nc1C(=O)OCc1cc(=O)n2cccc(C)c2n1. The Bertz CT molecular complexity index is 1230. The summed E-state index contributed by atoms with van der Waals surface area (Å²) in [6.07, 6.45) is 1.65. The topological polar surface area (TPSA) is 91.4 Å². The molecule has 0 saturated heterocycles. The van der Waals surface area contributed by atoms with Crippen molar-refractivity contribution in [3.05, 3.63) is 87.7 Å². The van der Waals surface area contributed by atoms with E-state index in [1.165, 1.54) is 15.3 Å². The molecule has 8 heteroatoms. The van der Waals surface area contributed by atoms with Gasteiger partial charge in [-0.25, -0.2) is 9.78 Å². The van der Waals surface area contributed by atoms with Crippen molar-refractivity contribution in [3.63, 3.8) is 0 Å². The van der Waals surface area contributed by atoms with E-state index >= 15 is 0 Å². The van der Waals surface area contributed by atoms with Crippen LogP contribution in [0.3, 0.4) is 0 Å². The number of fused-ring (bicyclic) bond motifs is 1. The van der Waals surface area contributed by atoms with Crippen LogP contribution in [0.1, 0.15) is 27.4 Å². The van der Waals surface area contributed by atoms with Crippen LogP contribution in [0, 0.1) is 13.8 Å². The van der Waals surface area contributed by atoms with Crippen molar-refractivity contribution in [1.82, 2.24) is 24.4 Å². The number of hydrogen-bond acceptors (Lipinski definition) is 6. The molecule has 0 spiro atoms. The second-order valence-electron chi connectivity index (χ2n) is 6.31. The van der Waals surface area contributed by atoms with E-state index in [0.29, 0.717) is 17.0 Å². The molecule has 4 aromatic rings. The standard InChI is InChI=1S/C20H17N5O3/c1-13-7-6-10-24-17(26)11-15(21-19(13)24)12-28-20(27)18-14(2)22-25(23-18)16-8-4-3-5-9-16/h3-11H,12H2,1-2H3. The third kappa shape index (κ3) is 3.27. The predicted molar refractivity (Wildman–Crippen MR) is 101 cm³/mol. The molecule has 0 unspecified atom stereocenters. The van der Waals surface area contributed by atoms with Crippen molar-refractivity contribution >= 4 is 11.6 Å². The molecule has 0 N–H and O–H groups in total. The highest BCUT2D eigenvalue weighted by molar-refractivity contribution is 5.88. The van der Waals surface area contributed by atoms with E-state index < -0.39 is 5.97 Å². The Hall–Kier alpha value is -3.81. The van der Waals surface area contributed by atoms with Gasteiger partial charge in [-0.15, -0.1) is 5.10 Å². The number of benzene rings is 1. The van der Waals surface area contributed by atoms with Gasteiger partial charge in [0.2, 0.25) is 0 Å². The minimum Gasteiger partial charge on any atom is -0.454 e. The molecule has 0 aliphatic rings. The highest BCUT2D eigenvalue weighted by Gasteiger charge is 2.18. The second-order valence-corrected chi connectivity index (χ2v) is 6.31. The Labute approximate surface area is 160 Å². The molecule has 28 heavy (non-hydrogen) atoms. The molecule has 0 fully saturated rings. The number of nitrogens with zero attached hydrogens (tertiary/aromatic N) is 5. The Morgan fingerprint density at radius 2 is 1.86 bits per heavy atom. The summed E-state index contributed by atoms with van der Waals surface area (Å²) in [5, 5.41) is 8.48. The molecule has 1 aromatic carbocycles. The van der Waals surface area contributed by atoms with Crippen LogP contribution >= 0.6 is 0 Å². The van der Waals surface area contributed by atoms with E-state index in [9.17, 15) is 9.59 Å². The summed E-state index contributed by atoms with van der Waals surface area (Å²) in [5.74, 6) is -0.619. The van der Waals surface area contributed by atoms with Gasteiger partial charge < -0.3 is 4.74 Å². The number of hydrogen-bond donors (Lipinski definition) is 0. The van der Waals surface area contributed by atoms with Crippen LogP contribution in [0.2, 0.25) is 0 Å². The van der Waals surface area contributed by atoms with Gasteiger partial charge >= 0.3 is 5.97 Å². The van der Waals surface area contributed by atoms with Gasteiger partial charge in [-0.3, -0.25) is 9.20 Å². The van der Waals surface area contributed by atoms with Crippen molar-refractivity contribution in [3.8, 4) is 5.69 Å². The van der Waals surface area contributed by atoms with Gasteiger partial charge in [0.15, 0.2) is 5.69 Å². The van der Waals surface area contributed by atoms with Gasteiger partial charge in [0.1, 0.15) is 12.3 Å². The van der Waals surface area contributed by atoms with Gasteiger partial charge in [-0.2, -0.15) is 9.90 Å². The summed E-state index contributed by atoms with van der Waals surface area (Å²) in [7, 11) is 0. The van der Waals surface area contributed by atoms with Crippen molar-refractivity contribution in [1.29, 1.82) is 0 Å². The molecule has 0 aliphatic heterocycles. The Morgan fingerprint density at radius 1 is 1.07 bits per heavy atom.